The van der Waals surface area contributed by atoms with Crippen LogP contribution in [0.25, 0.3) is 0 Å². The summed E-state index contributed by atoms with van der Waals surface area (Å²) < 4.78 is 20.2. The summed E-state index contributed by atoms with van der Waals surface area (Å²) in [6.45, 7) is 0.0940. The molecule has 2 aliphatic rings. The Bertz CT molecular complexity index is 430. The van der Waals surface area contributed by atoms with Crippen molar-refractivity contribution in [3.63, 3.8) is 0 Å². The molecule has 0 aromatic heterocycles. The van der Waals surface area contributed by atoms with Crippen molar-refractivity contribution in [3.05, 3.63) is 0 Å². The van der Waals surface area contributed by atoms with Crippen LogP contribution >= 0.6 is 0 Å². The van der Waals surface area contributed by atoms with Gasteiger partial charge in [0.15, 0.2) is 18.7 Å². The quantitative estimate of drug-likeness (QED) is 0.270. The largest absolute Gasteiger partial charge is 0.454 e. The molecule has 2 aliphatic heterocycles. The van der Waals surface area contributed by atoms with Gasteiger partial charge in [0.25, 0.3) is 0 Å². The topological polar surface area (TPSA) is 175 Å². The van der Waals surface area contributed by atoms with Crippen LogP contribution in [0.15, 0.2) is 0 Å². The van der Waals surface area contributed by atoms with Gasteiger partial charge in [-0.1, -0.05) is 0 Å². The number of ether oxygens (including phenoxy) is 4. The smallest absolute Gasteiger partial charge is 0.303 e. The number of aliphatic hydroxyl groups excluding tert-OH is 6. The van der Waals surface area contributed by atoms with E-state index in [1.807, 2.05) is 0 Å². The zero-order valence-electron chi connectivity index (χ0n) is 12.8. The second-order valence-corrected chi connectivity index (χ2v) is 5.66. The lowest BCUT2D eigenvalue weighted by Crippen LogP contribution is -2.63. The van der Waals surface area contributed by atoms with E-state index in [2.05, 4.69) is 0 Å². The Morgan fingerprint density at radius 3 is 2.33 bits per heavy atom. The lowest BCUT2D eigenvalue weighted by molar-refractivity contribution is -0.345. The Kier molecular flexibility index (Phi) is 6.47. The van der Waals surface area contributed by atoms with Crippen molar-refractivity contribution in [1.29, 1.82) is 0 Å². The summed E-state index contributed by atoms with van der Waals surface area (Å²) in [5.41, 5.74) is 0. The number of aliphatic hydroxyl groups is 6. The Morgan fingerprint density at radius 2 is 1.75 bits per heavy atom. The van der Waals surface area contributed by atoms with E-state index in [0.29, 0.717) is 0 Å². The average Bonchev–Trinajstić information content (AvgIpc) is 2.53. The Hall–Kier alpha value is -0.890. The van der Waals surface area contributed by atoms with Crippen molar-refractivity contribution in [2.45, 2.75) is 62.2 Å². The first-order valence-electron chi connectivity index (χ1n) is 7.37. The van der Waals surface area contributed by atoms with Gasteiger partial charge in [-0.25, -0.2) is 0 Å². The average molecular weight is 354 g/mol. The van der Waals surface area contributed by atoms with Gasteiger partial charge >= 0.3 is 5.97 Å². The number of carbonyl (C=O) groups is 1. The van der Waals surface area contributed by atoms with E-state index in [-0.39, 0.29) is 6.61 Å². The molecule has 0 unspecified atom stereocenters. The van der Waals surface area contributed by atoms with E-state index >= 15 is 0 Å². The SMILES string of the molecule is CC(=O)O[C@@H]1[C@@H](O[C@@H]2O[C@H](CO)[C@@H](O)[C@H](O)[C@H]2O)[C@@H](O)CO[C@H]1O. The van der Waals surface area contributed by atoms with Crippen LogP contribution in [-0.4, -0.2) is 105 Å². The van der Waals surface area contributed by atoms with Crippen molar-refractivity contribution in [2.75, 3.05) is 13.2 Å². The first-order valence-corrected chi connectivity index (χ1v) is 7.37. The first kappa shape index (κ1) is 19.4. The van der Waals surface area contributed by atoms with E-state index in [0.717, 1.165) is 6.92 Å². The molecule has 0 aromatic rings. The van der Waals surface area contributed by atoms with Crippen LogP contribution in [0.3, 0.4) is 0 Å². The van der Waals surface area contributed by atoms with Crippen molar-refractivity contribution < 1.29 is 54.4 Å². The van der Waals surface area contributed by atoms with Gasteiger partial charge in [-0.3, -0.25) is 4.79 Å². The van der Waals surface area contributed by atoms with Crippen LogP contribution in [-0.2, 0) is 23.7 Å². The van der Waals surface area contributed by atoms with E-state index in [1.165, 1.54) is 0 Å². The molecule has 24 heavy (non-hydrogen) atoms. The fraction of sp³-hybridized carbons (Fsp3) is 0.923. The van der Waals surface area contributed by atoms with Crippen LogP contribution in [0, 0.1) is 0 Å². The molecule has 9 atom stereocenters. The molecule has 11 heteroatoms. The molecule has 140 valence electrons. The fourth-order valence-corrected chi connectivity index (χ4v) is 2.59. The molecule has 2 heterocycles. The third-order valence-corrected chi connectivity index (χ3v) is 3.86. The highest BCUT2D eigenvalue weighted by atomic mass is 16.7. The summed E-state index contributed by atoms with van der Waals surface area (Å²) >= 11 is 0. The van der Waals surface area contributed by atoms with Crippen molar-refractivity contribution in [1.82, 2.24) is 0 Å². The summed E-state index contributed by atoms with van der Waals surface area (Å²) in [6.07, 6.45) is -13.3. The number of esters is 1. The van der Waals surface area contributed by atoms with E-state index in [9.17, 15) is 30.3 Å². The first-order chi connectivity index (χ1) is 11.3. The normalized spacial score (nSPS) is 46.5. The predicted molar refractivity (Wildman–Crippen MR) is 72.2 cm³/mol. The Labute approximate surface area is 136 Å². The minimum Gasteiger partial charge on any atom is -0.454 e. The lowest BCUT2D eigenvalue weighted by Gasteiger charge is -2.44. The molecule has 6 N–H and O–H groups in total. The van der Waals surface area contributed by atoms with Crippen LogP contribution < -0.4 is 0 Å². The van der Waals surface area contributed by atoms with Gasteiger partial charge in [0.05, 0.1) is 13.2 Å². The van der Waals surface area contributed by atoms with Gasteiger partial charge in [0.2, 0.25) is 0 Å². The summed E-state index contributed by atoms with van der Waals surface area (Å²) in [6, 6.07) is 0. The second-order valence-electron chi connectivity index (χ2n) is 5.66. The van der Waals surface area contributed by atoms with Crippen molar-refractivity contribution >= 4 is 5.97 Å². The monoisotopic (exact) mass is 354 g/mol. The third kappa shape index (κ3) is 4.02. The second kappa shape index (κ2) is 7.99. The number of hydrogen-bond acceptors (Lipinski definition) is 11. The third-order valence-electron chi connectivity index (χ3n) is 3.86. The van der Waals surface area contributed by atoms with E-state index in [4.69, 9.17) is 24.1 Å². The van der Waals surface area contributed by atoms with Gasteiger partial charge in [-0.05, 0) is 0 Å². The van der Waals surface area contributed by atoms with Gasteiger partial charge in [-0.15, -0.1) is 0 Å². The van der Waals surface area contributed by atoms with Crippen molar-refractivity contribution in [3.8, 4) is 0 Å². The number of rotatable bonds is 4. The Balaban J connectivity index is 2.14. The highest BCUT2D eigenvalue weighted by Crippen LogP contribution is 2.27. The standard InChI is InChI=1S/C13H22O11/c1-4(15)22-11-10(5(16)3-21-12(11)20)24-13-9(19)8(18)7(17)6(2-14)23-13/h5-14,16-20H,2-3H2,1H3/t5-,6+,7+,8-,9+,10-,11+,12+,13-/m0/s1. The Morgan fingerprint density at radius 1 is 1.08 bits per heavy atom. The lowest BCUT2D eigenvalue weighted by atomic mass is 9.98. The van der Waals surface area contributed by atoms with E-state index in [1.54, 1.807) is 0 Å². The molecule has 0 aliphatic carbocycles. The molecule has 0 bridgehead atoms. The van der Waals surface area contributed by atoms with Gasteiger partial charge < -0.3 is 49.6 Å². The molecule has 0 aromatic carbocycles. The minimum atomic E-state index is -1.70. The van der Waals surface area contributed by atoms with Crippen LogP contribution in [0.2, 0.25) is 0 Å². The maximum Gasteiger partial charge on any atom is 0.303 e. The van der Waals surface area contributed by atoms with Gasteiger partial charge in [-0.2, -0.15) is 0 Å². The number of carbonyl (C=O) groups excluding carboxylic acids is 1. The summed E-state index contributed by atoms with van der Waals surface area (Å²) in [5, 5.41) is 58.3. The van der Waals surface area contributed by atoms with E-state index < -0.39 is 67.9 Å². The molecule has 0 amide bonds. The maximum atomic E-state index is 11.1. The highest BCUT2D eigenvalue weighted by Gasteiger charge is 2.49. The maximum absolute atomic E-state index is 11.1. The molecule has 2 saturated heterocycles. The van der Waals surface area contributed by atoms with Gasteiger partial charge in [0, 0.05) is 6.92 Å². The molecular weight excluding hydrogens is 332 g/mol. The molecular formula is C13H22O11. The van der Waals surface area contributed by atoms with Crippen molar-refractivity contribution in [2.24, 2.45) is 0 Å². The summed E-state index contributed by atoms with van der Waals surface area (Å²) in [7, 11) is 0. The van der Waals surface area contributed by atoms with Crippen LogP contribution in [0.4, 0.5) is 0 Å². The summed E-state index contributed by atoms with van der Waals surface area (Å²) in [4.78, 5) is 11.1. The minimum absolute atomic E-state index is 0.332. The fourth-order valence-electron chi connectivity index (χ4n) is 2.59. The highest BCUT2D eigenvalue weighted by molar-refractivity contribution is 5.66. The molecule has 2 fully saturated rings. The molecule has 2 rings (SSSR count). The molecule has 11 nitrogen and oxygen atoms in total. The zero-order chi connectivity index (χ0) is 18.0. The zero-order valence-corrected chi connectivity index (χ0v) is 12.8. The predicted octanol–water partition coefficient (Wildman–Crippen LogP) is -4.19. The molecule has 0 saturated carbocycles. The number of hydrogen-bond donors (Lipinski definition) is 6. The summed E-state index contributed by atoms with van der Waals surface area (Å²) in [5.74, 6) is -0.765. The molecule has 0 spiro atoms. The van der Waals surface area contributed by atoms with Gasteiger partial charge in [0.1, 0.15) is 36.6 Å². The van der Waals surface area contributed by atoms with Crippen LogP contribution in [0.5, 0.6) is 0 Å². The van der Waals surface area contributed by atoms with Crippen LogP contribution in [0.1, 0.15) is 6.92 Å². The molecule has 0 radical (unpaired) electrons.